The summed E-state index contributed by atoms with van der Waals surface area (Å²) in [7, 11) is 0. The lowest BCUT2D eigenvalue weighted by Crippen LogP contribution is -2.19. The van der Waals surface area contributed by atoms with E-state index in [1.807, 2.05) is 50.2 Å². The van der Waals surface area contributed by atoms with Gasteiger partial charge in [-0.2, -0.15) is 0 Å². The van der Waals surface area contributed by atoms with Crippen LogP contribution in [-0.2, 0) is 20.8 Å². The predicted molar refractivity (Wildman–Crippen MR) is 107 cm³/mol. The Hall–Kier alpha value is -0.720. The van der Waals surface area contributed by atoms with Crippen LogP contribution in [0.2, 0.25) is 0 Å². The predicted octanol–water partition coefficient (Wildman–Crippen LogP) is 6.26. The van der Waals surface area contributed by atoms with E-state index in [0.29, 0.717) is 19.8 Å². The lowest BCUT2D eigenvalue weighted by molar-refractivity contribution is -0.164. The second-order valence-corrected chi connectivity index (χ2v) is 7.32. The Kier molecular flexibility index (Phi) is 9.13. The summed E-state index contributed by atoms with van der Waals surface area (Å²) >= 11 is 7.26. The van der Waals surface area contributed by atoms with E-state index in [1.54, 1.807) is 0 Å². The lowest BCUT2D eigenvalue weighted by Gasteiger charge is -2.24. The van der Waals surface area contributed by atoms with E-state index < -0.39 is 0 Å². The van der Waals surface area contributed by atoms with E-state index in [1.165, 1.54) is 5.56 Å². The topological polar surface area (TPSA) is 27.7 Å². The molecule has 0 aliphatic rings. The number of benzene rings is 2. The minimum atomic E-state index is -0.275. The van der Waals surface area contributed by atoms with Gasteiger partial charge in [-0.05, 0) is 31.5 Å². The molecular weight excluding hydrogens is 448 g/mol. The largest absolute Gasteiger partial charge is 0.377 e. The van der Waals surface area contributed by atoms with Gasteiger partial charge in [0.25, 0.3) is 0 Å². The minimum Gasteiger partial charge on any atom is -0.377 e. The average molecular weight is 472 g/mol. The summed E-state index contributed by atoms with van der Waals surface area (Å²) in [4.78, 5) is 0. The monoisotopic (exact) mass is 470 g/mol. The van der Waals surface area contributed by atoms with Crippen LogP contribution >= 0.6 is 31.9 Å². The Balaban J connectivity index is 1.99. The summed E-state index contributed by atoms with van der Waals surface area (Å²) in [5.41, 5.74) is 2.25. The van der Waals surface area contributed by atoms with Crippen LogP contribution in [0, 0.1) is 0 Å². The maximum Gasteiger partial charge on any atom is 0.155 e. The van der Waals surface area contributed by atoms with Crippen LogP contribution in [0.25, 0.3) is 0 Å². The molecule has 0 fully saturated rings. The van der Waals surface area contributed by atoms with E-state index in [0.717, 1.165) is 20.9 Å². The normalized spacial score (nSPS) is 13.6. The van der Waals surface area contributed by atoms with Gasteiger partial charge in [0, 0.05) is 34.1 Å². The third-order valence-corrected chi connectivity index (χ3v) is 5.10. The molecule has 0 amide bonds. The van der Waals surface area contributed by atoms with Gasteiger partial charge in [-0.25, -0.2) is 0 Å². The first-order chi connectivity index (χ1) is 12.1. The molecule has 0 saturated carbocycles. The van der Waals surface area contributed by atoms with Gasteiger partial charge in [0.1, 0.15) is 0 Å². The lowest BCUT2D eigenvalue weighted by atomic mass is 10.1. The smallest absolute Gasteiger partial charge is 0.155 e. The van der Waals surface area contributed by atoms with Crippen molar-refractivity contribution in [1.82, 2.24) is 0 Å². The van der Waals surface area contributed by atoms with Crippen molar-refractivity contribution >= 4 is 31.9 Å². The number of hydrogen-bond acceptors (Lipinski definition) is 3. The summed E-state index contributed by atoms with van der Waals surface area (Å²) in [6.45, 7) is 5.71. The summed E-state index contributed by atoms with van der Waals surface area (Å²) in [5.74, 6) is 0. The zero-order valence-electron chi connectivity index (χ0n) is 14.6. The highest BCUT2D eigenvalue weighted by Crippen LogP contribution is 2.35. The van der Waals surface area contributed by atoms with Crippen molar-refractivity contribution in [2.75, 3.05) is 13.2 Å². The fraction of sp³-hybridized carbons (Fsp3) is 0.400. The molecule has 0 bridgehead atoms. The molecule has 2 unspecified atom stereocenters. The van der Waals surface area contributed by atoms with E-state index >= 15 is 0 Å². The molecule has 25 heavy (non-hydrogen) atoms. The molecule has 2 aromatic carbocycles. The van der Waals surface area contributed by atoms with Crippen molar-refractivity contribution in [2.24, 2.45) is 0 Å². The SMILES string of the molecule is CCOC(C)OC(CCOCc1ccccc1)c1c(Br)cccc1Br. The molecule has 136 valence electrons. The summed E-state index contributed by atoms with van der Waals surface area (Å²) in [6, 6.07) is 16.2. The van der Waals surface area contributed by atoms with Crippen LogP contribution in [0.5, 0.6) is 0 Å². The Labute approximate surface area is 166 Å². The highest BCUT2D eigenvalue weighted by molar-refractivity contribution is 9.11. The first-order valence-electron chi connectivity index (χ1n) is 8.44. The van der Waals surface area contributed by atoms with Crippen molar-refractivity contribution in [1.29, 1.82) is 0 Å². The number of rotatable bonds is 10. The van der Waals surface area contributed by atoms with Gasteiger partial charge in [0.05, 0.1) is 12.7 Å². The fourth-order valence-corrected chi connectivity index (χ4v) is 4.07. The average Bonchev–Trinajstić information content (AvgIpc) is 2.59. The zero-order valence-corrected chi connectivity index (χ0v) is 17.8. The fourth-order valence-electron chi connectivity index (χ4n) is 2.56. The second-order valence-electron chi connectivity index (χ2n) is 5.61. The summed E-state index contributed by atoms with van der Waals surface area (Å²) in [6.07, 6.45) is 0.344. The van der Waals surface area contributed by atoms with Crippen LogP contribution in [-0.4, -0.2) is 19.5 Å². The van der Waals surface area contributed by atoms with Crippen molar-refractivity contribution in [3.63, 3.8) is 0 Å². The van der Waals surface area contributed by atoms with Gasteiger partial charge in [0.2, 0.25) is 0 Å². The molecule has 0 aromatic heterocycles. The van der Waals surface area contributed by atoms with Gasteiger partial charge in [-0.3, -0.25) is 0 Å². The molecule has 0 aliphatic heterocycles. The van der Waals surface area contributed by atoms with Gasteiger partial charge >= 0.3 is 0 Å². The quantitative estimate of drug-likeness (QED) is 0.302. The summed E-state index contributed by atoms with van der Waals surface area (Å²) in [5, 5.41) is 0. The Bertz CT molecular complexity index is 614. The maximum absolute atomic E-state index is 6.13. The minimum absolute atomic E-state index is 0.123. The van der Waals surface area contributed by atoms with Gasteiger partial charge in [-0.15, -0.1) is 0 Å². The van der Waals surface area contributed by atoms with Crippen molar-refractivity contribution < 1.29 is 14.2 Å². The van der Waals surface area contributed by atoms with Crippen LogP contribution in [0.1, 0.15) is 37.5 Å². The summed E-state index contributed by atoms with van der Waals surface area (Å²) < 4.78 is 19.6. The van der Waals surface area contributed by atoms with Gasteiger partial charge in [-0.1, -0.05) is 68.3 Å². The Morgan fingerprint density at radius 1 is 0.960 bits per heavy atom. The third-order valence-electron chi connectivity index (χ3n) is 3.71. The molecule has 2 rings (SSSR count). The van der Waals surface area contributed by atoms with Crippen LogP contribution in [0.3, 0.4) is 0 Å². The molecule has 5 heteroatoms. The van der Waals surface area contributed by atoms with Crippen LogP contribution < -0.4 is 0 Å². The van der Waals surface area contributed by atoms with E-state index in [4.69, 9.17) is 14.2 Å². The molecule has 0 radical (unpaired) electrons. The molecular formula is C20H24Br2O3. The highest BCUT2D eigenvalue weighted by Gasteiger charge is 2.21. The Morgan fingerprint density at radius 3 is 2.28 bits per heavy atom. The highest BCUT2D eigenvalue weighted by atomic mass is 79.9. The number of halogens is 2. The van der Waals surface area contributed by atoms with Crippen LogP contribution in [0.15, 0.2) is 57.5 Å². The molecule has 0 heterocycles. The van der Waals surface area contributed by atoms with Gasteiger partial charge in [0.15, 0.2) is 6.29 Å². The molecule has 2 aromatic rings. The van der Waals surface area contributed by atoms with E-state index in [-0.39, 0.29) is 12.4 Å². The first kappa shape index (κ1) is 20.6. The molecule has 0 saturated heterocycles. The zero-order chi connectivity index (χ0) is 18.1. The van der Waals surface area contributed by atoms with Crippen molar-refractivity contribution in [2.45, 2.75) is 39.3 Å². The van der Waals surface area contributed by atoms with E-state index in [9.17, 15) is 0 Å². The van der Waals surface area contributed by atoms with Crippen molar-refractivity contribution in [3.05, 3.63) is 68.6 Å². The van der Waals surface area contributed by atoms with Crippen LogP contribution in [0.4, 0.5) is 0 Å². The third kappa shape index (κ3) is 6.83. The standard InChI is InChI=1S/C20H24Br2O3/c1-3-24-15(2)25-19(20-17(21)10-7-11-18(20)22)12-13-23-14-16-8-5-4-6-9-16/h4-11,15,19H,3,12-14H2,1-2H3. The van der Waals surface area contributed by atoms with E-state index in [2.05, 4.69) is 44.0 Å². The van der Waals surface area contributed by atoms with Gasteiger partial charge < -0.3 is 14.2 Å². The van der Waals surface area contributed by atoms with Crippen molar-refractivity contribution in [3.8, 4) is 0 Å². The Morgan fingerprint density at radius 2 is 1.64 bits per heavy atom. The number of hydrogen-bond donors (Lipinski definition) is 0. The molecule has 2 atom stereocenters. The molecule has 3 nitrogen and oxygen atoms in total. The second kappa shape index (κ2) is 11.1. The number of ether oxygens (including phenoxy) is 3. The molecule has 0 aliphatic carbocycles. The molecule has 0 N–H and O–H groups in total. The first-order valence-corrected chi connectivity index (χ1v) is 10.0. The molecule has 0 spiro atoms. The maximum atomic E-state index is 6.13.